The number of nitrogens with zero attached hydrogens (tertiary/aromatic N) is 4. The van der Waals surface area contributed by atoms with E-state index < -0.39 is 0 Å². The zero-order chi connectivity index (χ0) is 30.7. The molecule has 0 atom stereocenters. The normalized spacial score (nSPS) is 11.0. The Morgan fingerprint density at radius 1 is 0.391 bits per heavy atom. The van der Waals surface area contributed by atoms with Crippen molar-refractivity contribution >= 4 is 27.8 Å². The highest BCUT2D eigenvalue weighted by molar-refractivity contribution is 5.87. The van der Waals surface area contributed by atoms with Crippen LogP contribution in [0.15, 0.2) is 182 Å². The summed E-state index contributed by atoms with van der Waals surface area (Å²) in [5.74, 6) is 1.48. The van der Waals surface area contributed by atoms with Gasteiger partial charge in [0.2, 0.25) is 0 Å². The Hall–Kier alpha value is -6.26. The Bertz CT molecular complexity index is 2180. The van der Waals surface area contributed by atoms with E-state index in [1.165, 1.54) is 16.3 Å². The van der Waals surface area contributed by atoms with Crippen LogP contribution < -0.4 is 4.90 Å². The Morgan fingerprint density at radius 3 is 1.57 bits per heavy atom. The van der Waals surface area contributed by atoms with Gasteiger partial charge in [-0.15, -0.1) is 5.10 Å². The lowest BCUT2D eigenvalue weighted by Gasteiger charge is -2.25. The van der Waals surface area contributed by atoms with Gasteiger partial charge < -0.3 is 4.90 Å². The molecule has 0 bridgehead atoms. The minimum absolute atomic E-state index is 0.688. The predicted octanol–water partition coefficient (Wildman–Crippen LogP) is 10.9. The molecular formula is C42H30N4. The van der Waals surface area contributed by atoms with Gasteiger partial charge in [0.25, 0.3) is 0 Å². The van der Waals surface area contributed by atoms with E-state index in [4.69, 9.17) is 10.1 Å². The number of benzene rings is 7. The molecule has 1 heterocycles. The van der Waals surface area contributed by atoms with E-state index in [0.717, 1.165) is 45.3 Å². The molecule has 4 nitrogen and oxygen atoms in total. The molecule has 8 rings (SSSR count). The molecule has 0 spiro atoms. The Balaban J connectivity index is 1.18. The second kappa shape index (κ2) is 12.0. The van der Waals surface area contributed by atoms with Crippen LogP contribution in [0.5, 0.6) is 0 Å². The molecule has 4 heteroatoms. The van der Waals surface area contributed by atoms with Gasteiger partial charge in [-0.25, -0.2) is 9.67 Å². The van der Waals surface area contributed by atoms with Crippen LogP contribution in [-0.4, -0.2) is 14.8 Å². The molecule has 0 aliphatic heterocycles. The molecule has 0 unspecified atom stereocenters. The minimum atomic E-state index is 0.688. The van der Waals surface area contributed by atoms with Crippen LogP contribution >= 0.6 is 0 Å². The summed E-state index contributed by atoms with van der Waals surface area (Å²) in [6.07, 6.45) is 0. The van der Waals surface area contributed by atoms with E-state index in [1.54, 1.807) is 0 Å². The summed E-state index contributed by atoms with van der Waals surface area (Å²) < 4.78 is 1.95. The fourth-order valence-electron chi connectivity index (χ4n) is 5.91. The minimum Gasteiger partial charge on any atom is -0.311 e. The van der Waals surface area contributed by atoms with E-state index in [1.807, 2.05) is 47.1 Å². The summed E-state index contributed by atoms with van der Waals surface area (Å²) in [6.45, 7) is 0. The lowest BCUT2D eigenvalue weighted by atomic mass is 10.00. The molecule has 0 saturated heterocycles. The van der Waals surface area contributed by atoms with E-state index in [9.17, 15) is 0 Å². The molecule has 0 radical (unpaired) electrons. The van der Waals surface area contributed by atoms with Crippen molar-refractivity contribution in [3.63, 3.8) is 0 Å². The van der Waals surface area contributed by atoms with Crippen molar-refractivity contribution in [1.29, 1.82) is 0 Å². The standard InChI is InChI=1S/C42H30N4/c1-4-13-33(14-5-1)41-43-42(34-23-20-32(21-24-34)36-25-22-31-12-10-11-15-35(31)30-36)46(44-41)40-28-26-39(27-29-40)45(37-16-6-2-7-17-37)38-18-8-3-9-19-38/h1-30H. The average molecular weight is 591 g/mol. The maximum absolute atomic E-state index is 5.06. The quantitative estimate of drug-likeness (QED) is 0.185. The van der Waals surface area contributed by atoms with Crippen LogP contribution in [0.3, 0.4) is 0 Å². The molecule has 0 N–H and O–H groups in total. The highest BCUT2D eigenvalue weighted by Crippen LogP contribution is 2.35. The Morgan fingerprint density at radius 2 is 0.913 bits per heavy atom. The Labute approximate surface area is 268 Å². The molecule has 0 fully saturated rings. The van der Waals surface area contributed by atoms with Crippen LogP contribution in [0.4, 0.5) is 17.1 Å². The number of anilines is 3. The summed E-state index contributed by atoms with van der Waals surface area (Å²) in [5, 5.41) is 7.50. The highest BCUT2D eigenvalue weighted by atomic mass is 15.4. The van der Waals surface area contributed by atoms with E-state index in [0.29, 0.717) is 5.82 Å². The van der Waals surface area contributed by atoms with E-state index >= 15 is 0 Å². The zero-order valence-electron chi connectivity index (χ0n) is 25.1. The van der Waals surface area contributed by atoms with Gasteiger partial charge in [0.1, 0.15) is 0 Å². The number of para-hydroxylation sites is 2. The van der Waals surface area contributed by atoms with Gasteiger partial charge in [-0.1, -0.05) is 127 Å². The van der Waals surface area contributed by atoms with Gasteiger partial charge in [0, 0.05) is 28.2 Å². The summed E-state index contributed by atoms with van der Waals surface area (Å²) >= 11 is 0. The third-order valence-electron chi connectivity index (χ3n) is 8.25. The fourth-order valence-corrected chi connectivity index (χ4v) is 5.91. The highest BCUT2D eigenvalue weighted by Gasteiger charge is 2.17. The molecule has 8 aromatic rings. The SMILES string of the molecule is c1ccc(-c2nc(-c3ccc(-c4ccc5ccccc5c4)cc3)n(-c3ccc(N(c4ccccc4)c4ccccc4)cc3)n2)cc1. The number of hydrogen-bond donors (Lipinski definition) is 0. The number of rotatable bonds is 7. The topological polar surface area (TPSA) is 34.0 Å². The lowest BCUT2D eigenvalue weighted by molar-refractivity contribution is 0.890. The van der Waals surface area contributed by atoms with Crippen molar-refractivity contribution in [2.45, 2.75) is 0 Å². The summed E-state index contributed by atoms with van der Waals surface area (Å²) in [6, 6.07) is 63.2. The second-order valence-electron chi connectivity index (χ2n) is 11.2. The fraction of sp³-hybridized carbons (Fsp3) is 0. The number of hydrogen-bond acceptors (Lipinski definition) is 3. The lowest BCUT2D eigenvalue weighted by Crippen LogP contribution is -2.10. The predicted molar refractivity (Wildman–Crippen MR) is 190 cm³/mol. The largest absolute Gasteiger partial charge is 0.311 e. The molecule has 0 saturated carbocycles. The van der Waals surface area contributed by atoms with E-state index in [2.05, 4.69) is 144 Å². The smallest absolute Gasteiger partial charge is 0.182 e. The molecule has 218 valence electrons. The molecule has 0 aliphatic carbocycles. The maximum Gasteiger partial charge on any atom is 0.182 e. The third-order valence-corrected chi connectivity index (χ3v) is 8.25. The first-order valence-electron chi connectivity index (χ1n) is 15.4. The number of aromatic nitrogens is 3. The van der Waals surface area contributed by atoms with Crippen LogP contribution in [0, 0.1) is 0 Å². The van der Waals surface area contributed by atoms with Crippen LogP contribution in [-0.2, 0) is 0 Å². The van der Waals surface area contributed by atoms with Crippen LogP contribution in [0.25, 0.3) is 50.4 Å². The zero-order valence-corrected chi connectivity index (χ0v) is 25.1. The van der Waals surface area contributed by atoms with Crippen LogP contribution in [0.2, 0.25) is 0 Å². The van der Waals surface area contributed by atoms with Gasteiger partial charge in [-0.05, 0) is 76.5 Å². The summed E-state index contributed by atoms with van der Waals surface area (Å²) in [7, 11) is 0. The van der Waals surface area contributed by atoms with Crippen molar-refractivity contribution in [3.05, 3.63) is 182 Å². The van der Waals surface area contributed by atoms with E-state index in [-0.39, 0.29) is 0 Å². The first kappa shape index (κ1) is 27.3. The van der Waals surface area contributed by atoms with Gasteiger partial charge in [0.05, 0.1) is 5.69 Å². The molecule has 46 heavy (non-hydrogen) atoms. The monoisotopic (exact) mass is 590 g/mol. The van der Waals surface area contributed by atoms with Gasteiger partial charge in [0.15, 0.2) is 11.6 Å². The average Bonchev–Trinajstić information content (AvgIpc) is 3.59. The Kier molecular flexibility index (Phi) is 7.14. The first-order valence-corrected chi connectivity index (χ1v) is 15.4. The number of fused-ring (bicyclic) bond motifs is 1. The maximum atomic E-state index is 5.06. The molecule has 1 aromatic heterocycles. The van der Waals surface area contributed by atoms with Crippen molar-refractivity contribution in [1.82, 2.24) is 14.8 Å². The molecule has 0 aliphatic rings. The molecular weight excluding hydrogens is 560 g/mol. The van der Waals surface area contributed by atoms with Crippen molar-refractivity contribution < 1.29 is 0 Å². The summed E-state index contributed by atoms with van der Waals surface area (Å²) in [5.41, 5.74) is 8.52. The van der Waals surface area contributed by atoms with Gasteiger partial charge in [-0.3, -0.25) is 0 Å². The third kappa shape index (κ3) is 5.33. The van der Waals surface area contributed by atoms with Crippen molar-refractivity contribution in [2.24, 2.45) is 0 Å². The van der Waals surface area contributed by atoms with Crippen LogP contribution in [0.1, 0.15) is 0 Å². The first-order chi connectivity index (χ1) is 22.8. The van der Waals surface area contributed by atoms with Gasteiger partial charge >= 0.3 is 0 Å². The summed E-state index contributed by atoms with van der Waals surface area (Å²) in [4.78, 5) is 7.32. The molecule has 0 amide bonds. The van der Waals surface area contributed by atoms with Gasteiger partial charge in [-0.2, -0.15) is 0 Å². The van der Waals surface area contributed by atoms with Crippen molar-refractivity contribution in [2.75, 3.05) is 4.90 Å². The molecule has 7 aromatic carbocycles. The van der Waals surface area contributed by atoms with Crippen molar-refractivity contribution in [3.8, 4) is 39.6 Å². The second-order valence-corrected chi connectivity index (χ2v) is 11.2.